The number of aromatic nitrogens is 1. The van der Waals surface area contributed by atoms with E-state index < -0.39 is 53.1 Å². The van der Waals surface area contributed by atoms with Gasteiger partial charge >= 0.3 is 11.9 Å². The van der Waals surface area contributed by atoms with Crippen LogP contribution in [0.3, 0.4) is 0 Å². The van der Waals surface area contributed by atoms with Crippen LogP contribution >= 0.6 is 0 Å². The first-order valence-electron chi connectivity index (χ1n) is 7.83. The molecule has 27 heavy (non-hydrogen) atoms. The summed E-state index contributed by atoms with van der Waals surface area (Å²) in [5.74, 6) is -4.60. The lowest BCUT2D eigenvalue weighted by Gasteiger charge is -2.29. The van der Waals surface area contributed by atoms with Crippen molar-refractivity contribution in [1.82, 2.24) is 10.3 Å². The highest BCUT2D eigenvalue weighted by molar-refractivity contribution is 6.01. The molecular formula is C17H14F4N2O4. The van der Waals surface area contributed by atoms with Crippen molar-refractivity contribution in [3.8, 4) is 0 Å². The first-order valence-corrected chi connectivity index (χ1v) is 7.83. The third-order valence-corrected chi connectivity index (χ3v) is 4.35. The molecule has 10 heteroatoms. The van der Waals surface area contributed by atoms with Crippen LogP contribution in [-0.4, -0.2) is 37.1 Å². The molecule has 3 heterocycles. The zero-order valence-corrected chi connectivity index (χ0v) is 14.2. The van der Waals surface area contributed by atoms with Gasteiger partial charge in [-0.15, -0.1) is 0 Å². The van der Waals surface area contributed by atoms with Crippen molar-refractivity contribution in [2.75, 3.05) is 13.7 Å². The van der Waals surface area contributed by atoms with E-state index in [1.165, 1.54) is 0 Å². The van der Waals surface area contributed by atoms with Gasteiger partial charge in [0.1, 0.15) is 18.6 Å². The summed E-state index contributed by atoms with van der Waals surface area (Å²) in [6, 6.07) is 0. The van der Waals surface area contributed by atoms with Gasteiger partial charge in [-0.1, -0.05) is 0 Å². The van der Waals surface area contributed by atoms with Gasteiger partial charge < -0.3 is 14.8 Å². The van der Waals surface area contributed by atoms with Gasteiger partial charge in [-0.3, -0.25) is 4.98 Å². The number of rotatable bonds is 4. The van der Waals surface area contributed by atoms with E-state index in [1.807, 2.05) is 0 Å². The number of allylic oxidation sites excluding steroid dienone is 1. The van der Waals surface area contributed by atoms with Gasteiger partial charge in [0.05, 0.1) is 41.8 Å². The van der Waals surface area contributed by atoms with Crippen LogP contribution in [-0.2, 0) is 19.1 Å². The van der Waals surface area contributed by atoms with E-state index in [-0.39, 0.29) is 23.4 Å². The molecule has 0 saturated heterocycles. The van der Waals surface area contributed by atoms with Crippen molar-refractivity contribution in [2.45, 2.75) is 25.4 Å². The SMILES string of the molecule is COC(=O)C1=C(C(F)F)NC2=C(C(=O)OC2)[C@H]1c1cncc(F)c1[C@@H](C)F. The van der Waals surface area contributed by atoms with Crippen molar-refractivity contribution in [3.05, 3.63) is 51.9 Å². The topological polar surface area (TPSA) is 77.5 Å². The van der Waals surface area contributed by atoms with Crippen molar-refractivity contribution >= 4 is 11.9 Å². The Morgan fingerprint density at radius 2 is 2.07 bits per heavy atom. The van der Waals surface area contributed by atoms with Gasteiger partial charge in [0, 0.05) is 11.8 Å². The average Bonchev–Trinajstić information content (AvgIpc) is 2.99. The third-order valence-electron chi connectivity index (χ3n) is 4.35. The molecule has 6 nitrogen and oxygen atoms in total. The van der Waals surface area contributed by atoms with Crippen molar-refractivity contribution < 1.29 is 36.6 Å². The molecule has 0 spiro atoms. The monoisotopic (exact) mass is 386 g/mol. The van der Waals surface area contributed by atoms with Crippen LogP contribution in [0.5, 0.6) is 0 Å². The van der Waals surface area contributed by atoms with Crippen LogP contribution < -0.4 is 5.32 Å². The maximum absolute atomic E-state index is 14.2. The highest BCUT2D eigenvalue weighted by Crippen LogP contribution is 2.45. The molecule has 3 rings (SSSR count). The molecule has 1 aromatic rings. The molecule has 0 aromatic carbocycles. The number of nitrogens with zero attached hydrogens (tertiary/aromatic N) is 1. The van der Waals surface area contributed by atoms with Crippen LogP contribution in [0.2, 0.25) is 0 Å². The maximum Gasteiger partial charge on any atom is 0.337 e. The Balaban J connectivity index is 2.34. The van der Waals surface area contributed by atoms with E-state index in [1.54, 1.807) is 0 Å². The molecular weight excluding hydrogens is 372 g/mol. The molecule has 144 valence electrons. The summed E-state index contributed by atoms with van der Waals surface area (Å²) in [7, 11) is 0.967. The van der Waals surface area contributed by atoms with Crippen LogP contribution in [0.25, 0.3) is 0 Å². The molecule has 1 aromatic heterocycles. The highest BCUT2D eigenvalue weighted by Gasteiger charge is 2.45. The van der Waals surface area contributed by atoms with Gasteiger partial charge in [-0.25, -0.2) is 27.2 Å². The fourth-order valence-corrected chi connectivity index (χ4v) is 3.27. The molecule has 0 fully saturated rings. The molecule has 2 aliphatic rings. The van der Waals surface area contributed by atoms with Crippen LogP contribution in [0.15, 0.2) is 34.9 Å². The standard InChI is InChI=1S/C17H14F4N2O4/c1-6(18)10-7(3-22-4-8(10)19)11-12-9(5-27-17(12)25)23-14(15(20)21)13(11)16(24)26-2/h3-4,6,11,15,23H,5H2,1-2H3/t6-,11-/m1/s1. The molecule has 0 bridgehead atoms. The average molecular weight is 386 g/mol. The summed E-state index contributed by atoms with van der Waals surface area (Å²) in [5, 5.41) is 2.33. The Bertz CT molecular complexity index is 880. The molecule has 0 radical (unpaired) electrons. The lowest BCUT2D eigenvalue weighted by Crippen LogP contribution is -2.34. The lowest BCUT2D eigenvalue weighted by atomic mass is 9.79. The molecule has 0 saturated carbocycles. The normalized spacial score (nSPS) is 20.4. The van der Waals surface area contributed by atoms with E-state index in [4.69, 9.17) is 4.74 Å². The van der Waals surface area contributed by atoms with Crippen molar-refractivity contribution in [2.24, 2.45) is 0 Å². The summed E-state index contributed by atoms with van der Waals surface area (Å²) in [5.41, 5.74) is -2.34. The zero-order chi connectivity index (χ0) is 19.9. The third kappa shape index (κ3) is 3.04. The van der Waals surface area contributed by atoms with Crippen molar-refractivity contribution in [1.29, 1.82) is 0 Å². The summed E-state index contributed by atoms with van der Waals surface area (Å²) in [6.07, 6.45) is -3.20. The predicted molar refractivity (Wildman–Crippen MR) is 82.6 cm³/mol. The number of hydrogen-bond acceptors (Lipinski definition) is 6. The van der Waals surface area contributed by atoms with Crippen LogP contribution in [0.1, 0.15) is 30.1 Å². The summed E-state index contributed by atoms with van der Waals surface area (Å²) in [6.45, 7) is 0.708. The summed E-state index contributed by atoms with van der Waals surface area (Å²) in [4.78, 5) is 28.1. The van der Waals surface area contributed by atoms with E-state index in [9.17, 15) is 27.2 Å². The Morgan fingerprint density at radius 3 is 2.67 bits per heavy atom. The maximum atomic E-state index is 14.2. The number of hydrogen-bond donors (Lipinski definition) is 1. The van der Waals surface area contributed by atoms with Gasteiger partial charge in [0.2, 0.25) is 0 Å². The quantitative estimate of drug-likeness (QED) is 0.633. The van der Waals surface area contributed by atoms with Gasteiger partial charge in [0.15, 0.2) is 0 Å². The molecule has 0 unspecified atom stereocenters. The summed E-state index contributed by atoms with van der Waals surface area (Å²) < 4.78 is 65.0. The van der Waals surface area contributed by atoms with Crippen molar-refractivity contribution in [3.63, 3.8) is 0 Å². The molecule has 2 atom stereocenters. The molecule has 1 N–H and O–H groups in total. The first kappa shape index (κ1) is 18.9. The fraction of sp³-hybridized carbons (Fsp3) is 0.353. The number of ether oxygens (including phenoxy) is 2. The molecule has 0 amide bonds. The number of pyridine rings is 1. The predicted octanol–water partition coefficient (Wildman–Crippen LogP) is 2.44. The number of cyclic esters (lactones) is 1. The van der Waals surface area contributed by atoms with Crippen LogP contribution in [0.4, 0.5) is 17.6 Å². The smallest absolute Gasteiger partial charge is 0.337 e. The number of halogens is 4. The number of dihydropyridines is 1. The minimum Gasteiger partial charge on any atom is -0.466 e. The highest BCUT2D eigenvalue weighted by atomic mass is 19.3. The number of carbonyl (C=O) groups excluding carboxylic acids is 2. The number of alkyl halides is 3. The zero-order valence-electron chi connectivity index (χ0n) is 14.2. The van der Waals surface area contributed by atoms with E-state index in [0.29, 0.717) is 0 Å². The molecule has 2 aliphatic heterocycles. The van der Waals surface area contributed by atoms with E-state index >= 15 is 0 Å². The summed E-state index contributed by atoms with van der Waals surface area (Å²) >= 11 is 0. The first-order chi connectivity index (χ1) is 12.8. The second-order valence-electron chi connectivity index (χ2n) is 5.89. The van der Waals surface area contributed by atoms with Gasteiger partial charge in [-0.2, -0.15) is 0 Å². The largest absolute Gasteiger partial charge is 0.466 e. The number of carbonyl (C=O) groups is 2. The minimum absolute atomic E-state index is 0.00493. The van der Waals surface area contributed by atoms with E-state index in [2.05, 4.69) is 15.0 Å². The van der Waals surface area contributed by atoms with Crippen LogP contribution in [0, 0.1) is 5.82 Å². The number of esters is 2. The number of nitrogens with one attached hydrogen (secondary N) is 1. The Labute approximate surface area is 150 Å². The van der Waals surface area contributed by atoms with Gasteiger partial charge in [-0.05, 0) is 12.5 Å². The second-order valence-corrected chi connectivity index (χ2v) is 5.89. The Hall–Kier alpha value is -2.91. The minimum atomic E-state index is -3.14. The Morgan fingerprint density at radius 1 is 1.37 bits per heavy atom. The molecule has 0 aliphatic carbocycles. The van der Waals surface area contributed by atoms with E-state index in [0.717, 1.165) is 26.4 Å². The lowest BCUT2D eigenvalue weighted by molar-refractivity contribution is -0.136. The fourth-order valence-electron chi connectivity index (χ4n) is 3.27. The number of methoxy groups -OCH3 is 1. The Kier molecular flexibility index (Phi) is 4.90. The second kappa shape index (κ2) is 7.01. The van der Waals surface area contributed by atoms with Gasteiger partial charge in [0.25, 0.3) is 6.43 Å².